The number of amides is 1. The molecule has 6 nitrogen and oxygen atoms in total. The molecule has 2 heterocycles. The molecule has 0 spiro atoms. The first-order valence-electron chi connectivity index (χ1n) is 6.44. The van der Waals surface area contributed by atoms with Gasteiger partial charge in [-0.3, -0.25) is 14.2 Å². The summed E-state index contributed by atoms with van der Waals surface area (Å²) in [6.45, 7) is 2.36. The van der Waals surface area contributed by atoms with Gasteiger partial charge in [-0.2, -0.15) is 23.4 Å². The van der Waals surface area contributed by atoms with Crippen LogP contribution in [0.25, 0.3) is 0 Å². The highest BCUT2D eigenvalue weighted by Gasteiger charge is 2.39. The van der Waals surface area contributed by atoms with Crippen molar-refractivity contribution in [3.63, 3.8) is 0 Å². The van der Waals surface area contributed by atoms with Gasteiger partial charge in [-0.05, 0) is 6.92 Å². The highest BCUT2D eigenvalue weighted by molar-refractivity contribution is 6.34. The highest BCUT2D eigenvalue weighted by atomic mass is 35.5. The van der Waals surface area contributed by atoms with Crippen LogP contribution in [0, 0.1) is 0 Å². The summed E-state index contributed by atoms with van der Waals surface area (Å²) in [5.41, 5.74) is -1.14. The van der Waals surface area contributed by atoms with Crippen molar-refractivity contribution in [2.75, 3.05) is 0 Å². The molecule has 11 heteroatoms. The number of aromatic nitrogens is 4. The molecule has 0 saturated carbocycles. The maximum Gasteiger partial charge on any atom is 0.436 e. The molecule has 126 valence electrons. The Kier molecular flexibility index (Phi) is 4.90. The molecule has 0 aliphatic heterocycles. The molecule has 0 aliphatic carbocycles. The van der Waals surface area contributed by atoms with Crippen LogP contribution < -0.4 is 5.32 Å². The second-order valence-electron chi connectivity index (χ2n) is 4.57. The lowest BCUT2D eigenvalue weighted by Gasteiger charge is -2.08. The van der Waals surface area contributed by atoms with Crippen molar-refractivity contribution in [1.29, 1.82) is 0 Å². The van der Waals surface area contributed by atoms with E-state index in [0.29, 0.717) is 17.3 Å². The molecule has 1 N–H and O–H groups in total. The standard InChI is InChI=1S/C12H12Cl2F3N5O/c1-3-22-7(6(13)4-19-22)5-18-11(23)9-8(14)10(12(15,16)17)20-21(9)2/h4H,3,5H2,1-2H3,(H,18,23). The van der Waals surface area contributed by atoms with Gasteiger partial charge in [0.1, 0.15) is 10.7 Å². The summed E-state index contributed by atoms with van der Waals surface area (Å²) in [5.74, 6) is -0.791. The Hall–Kier alpha value is -1.74. The number of carbonyl (C=O) groups excluding carboxylic acids is 1. The Morgan fingerprint density at radius 2 is 2.04 bits per heavy atom. The van der Waals surface area contributed by atoms with Gasteiger partial charge in [0.25, 0.3) is 5.91 Å². The van der Waals surface area contributed by atoms with Gasteiger partial charge in [0.2, 0.25) is 0 Å². The average molecular weight is 370 g/mol. The summed E-state index contributed by atoms with van der Waals surface area (Å²) >= 11 is 11.6. The van der Waals surface area contributed by atoms with Crippen molar-refractivity contribution in [2.45, 2.75) is 26.2 Å². The van der Waals surface area contributed by atoms with Gasteiger partial charge >= 0.3 is 6.18 Å². The van der Waals surface area contributed by atoms with E-state index in [4.69, 9.17) is 23.2 Å². The van der Waals surface area contributed by atoms with E-state index in [1.165, 1.54) is 13.2 Å². The largest absolute Gasteiger partial charge is 0.436 e. The Balaban J connectivity index is 2.22. The monoisotopic (exact) mass is 369 g/mol. The fraction of sp³-hybridized carbons (Fsp3) is 0.417. The molecule has 2 rings (SSSR count). The summed E-state index contributed by atoms with van der Waals surface area (Å²) < 4.78 is 40.6. The summed E-state index contributed by atoms with van der Waals surface area (Å²) in [6, 6.07) is 0. The minimum absolute atomic E-state index is 0.00559. The van der Waals surface area contributed by atoms with Crippen LogP contribution in [0.15, 0.2) is 6.20 Å². The van der Waals surface area contributed by atoms with Gasteiger partial charge in [0, 0.05) is 13.6 Å². The number of halogens is 5. The van der Waals surface area contributed by atoms with Crippen molar-refractivity contribution < 1.29 is 18.0 Å². The lowest BCUT2D eigenvalue weighted by atomic mass is 10.3. The molecule has 0 radical (unpaired) electrons. The van der Waals surface area contributed by atoms with E-state index in [2.05, 4.69) is 15.5 Å². The van der Waals surface area contributed by atoms with E-state index >= 15 is 0 Å². The smallest absolute Gasteiger partial charge is 0.345 e. The second-order valence-corrected chi connectivity index (χ2v) is 5.36. The molecular formula is C12H12Cl2F3N5O. The topological polar surface area (TPSA) is 64.7 Å². The predicted octanol–water partition coefficient (Wildman–Crippen LogP) is 2.89. The molecule has 23 heavy (non-hydrogen) atoms. The minimum Gasteiger partial charge on any atom is -0.345 e. The molecule has 2 aromatic heterocycles. The van der Waals surface area contributed by atoms with Crippen LogP contribution in [0.5, 0.6) is 0 Å². The maximum absolute atomic E-state index is 12.7. The number of nitrogens with zero attached hydrogens (tertiary/aromatic N) is 4. The first-order valence-corrected chi connectivity index (χ1v) is 7.20. The lowest BCUT2D eigenvalue weighted by molar-refractivity contribution is -0.141. The van der Waals surface area contributed by atoms with Crippen molar-refractivity contribution in [3.05, 3.63) is 33.3 Å². The molecule has 1 amide bonds. The number of hydrogen-bond donors (Lipinski definition) is 1. The zero-order valence-corrected chi connectivity index (χ0v) is 13.6. The van der Waals surface area contributed by atoms with Crippen molar-refractivity contribution in [2.24, 2.45) is 7.05 Å². The van der Waals surface area contributed by atoms with Crippen molar-refractivity contribution in [1.82, 2.24) is 24.9 Å². The number of carbonyl (C=O) groups is 1. The van der Waals surface area contributed by atoms with E-state index in [-0.39, 0.29) is 12.2 Å². The predicted molar refractivity (Wildman–Crippen MR) is 77.3 cm³/mol. The molecular weight excluding hydrogens is 358 g/mol. The quantitative estimate of drug-likeness (QED) is 0.900. The number of aryl methyl sites for hydroxylation is 2. The lowest BCUT2D eigenvalue weighted by Crippen LogP contribution is -2.26. The highest BCUT2D eigenvalue weighted by Crippen LogP contribution is 2.35. The van der Waals surface area contributed by atoms with Crippen LogP contribution in [-0.4, -0.2) is 25.5 Å². The van der Waals surface area contributed by atoms with Crippen LogP contribution in [0.2, 0.25) is 10.0 Å². The number of hydrogen-bond acceptors (Lipinski definition) is 3. The minimum atomic E-state index is -4.74. The third-order valence-electron chi connectivity index (χ3n) is 3.09. The molecule has 0 aliphatic rings. The van der Waals surface area contributed by atoms with Gasteiger partial charge in [0.15, 0.2) is 5.69 Å². The normalized spacial score (nSPS) is 11.8. The van der Waals surface area contributed by atoms with E-state index in [1.54, 1.807) is 4.68 Å². The van der Waals surface area contributed by atoms with E-state index in [9.17, 15) is 18.0 Å². The molecule has 0 saturated heterocycles. The van der Waals surface area contributed by atoms with Gasteiger partial charge in [-0.1, -0.05) is 23.2 Å². The molecule has 0 bridgehead atoms. The fourth-order valence-corrected chi connectivity index (χ4v) is 2.57. The van der Waals surface area contributed by atoms with E-state index < -0.39 is 22.8 Å². The molecule has 0 unspecified atom stereocenters. The zero-order valence-electron chi connectivity index (χ0n) is 12.1. The Morgan fingerprint density at radius 3 is 2.57 bits per heavy atom. The van der Waals surface area contributed by atoms with Gasteiger partial charge in [0.05, 0.1) is 23.5 Å². The third kappa shape index (κ3) is 3.45. The van der Waals surface area contributed by atoms with Crippen LogP contribution in [0.1, 0.15) is 28.8 Å². The first-order chi connectivity index (χ1) is 10.7. The van der Waals surface area contributed by atoms with Gasteiger partial charge < -0.3 is 5.32 Å². The number of alkyl halides is 3. The third-order valence-corrected chi connectivity index (χ3v) is 3.76. The Bertz CT molecular complexity index is 738. The number of nitrogens with one attached hydrogen (secondary N) is 1. The SMILES string of the molecule is CCn1ncc(Cl)c1CNC(=O)c1c(Cl)c(C(F)(F)F)nn1C. The van der Waals surface area contributed by atoms with Crippen molar-refractivity contribution in [3.8, 4) is 0 Å². The average Bonchev–Trinajstić information content (AvgIpc) is 2.96. The molecule has 0 atom stereocenters. The molecule has 0 fully saturated rings. The molecule has 0 aromatic carbocycles. The summed E-state index contributed by atoms with van der Waals surface area (Å²) in [4.78, 5) is 12.1. The van der Waals surface area contributed by atoms with Crippen molar-refractivity contribution >= 4 is 29.1 Å². The van der Waals surface area contributed by atoms with Gasteiger partial charge in [-0.25, -0.2) is 0 Å². The van der Waals surface area contributed by atoms with E-state index in [0.717, 1.165) is 4.68 Å². The zero-order chi connectivity index (χ0) is 17.4. The maximum atomic E-state index is 12.7. The summed E-state index contributed by atoms with van der Waals surface area (Å²) in [6.07, 6.45) is -3.32. The Labute approximate surface area is 139 Å². The summed E-state index contributed by atoms with van der Waals surface area (Å²) in [5, 5.41) is 9.32. The van der Waals surface area contributed by atoms with Gasteiger partial charge in [-0.15, -0.1) is 0 Å². The number of rotatable bonds is 4. The first kappa shape index (κ1) is 17.6. The molecule has 2 aromatic rings. The van der Waals surface area contributed by atoms with E-state index in [1.807, 2.05) is 6.92 Å². The fourth-order valence-electron chi connectivity index (χ4n) is 2.01. The Morgan fingerprint density at radius 1 is 1.39 bits per heavy atom. The van der Waals surface area contributed by atoms with Crippen LogP contribution in [0.3, 0.4) is 0 Å². The van der Waals surface area contributed by atoms with Crippen LogP contribution in [-0.2, 0) is 26.3 Å². The van der Waals surface area contributed by atoms with Crippen LogP contribution >= 0.6 is 23.2 Å². The second kappa shape index (κ2) is 6.40. The summed E-state index contributed by atoms with van der Waals surface area (Å²) in [7, 11) is 1.21. The van der Waals surface area contributed by atoms with Crippen LogP contribution in [0.4, 0.5) is 13.2 Å².